The van der Waals surface area contributed by atoms with Crippen molar-refractivity contribution in [3.8, 4) is 0 Å². The predicted molar refractivity (Wildman–Crippen MR) is 42.7 cm³/mol. The van der Waals surface area contributed by atoms with E-state index in [-0.39, 0.29) is 17.6 Å². The third-order valence-corrected chi connectivity index (χ3v) is 3.41. The number of nitrogens with zero attached hydrogens (tertiary/aromatic N) is 1. The Bertz CT molecular complexity index is 304. The number of amides is 1. The minimum Gasteiger partial charge on any atom is -0.350 e. The van der Waals surface area contributed by atoms with Gasteiger partial charge in [0.05, 0.1) is 11.6 Å². The highest BCUT2D eigenvalue weighted by atomic mass is 19.1. The second kappa shape index (κ2) is 1.75. The maximum Gasteiger partial charge on any atom is 0.260 e. The zero-order valence-electron chi connectivity index (χ0n) is 7.71. The highest BCUT2D eigenvalue weighted by molar-refractivity contribution is 5.86. The molecule has 13 heavy (non-hydrogen) atoms. The van der Waals surface area contributed by atoms with Crippen molar-refractivity contribution in [2.45, 2.75) is 50.2 Å². The van der Waals surface area contributed by atoms with Gasteiger partial charge >= 0.3 is 0 Å². The topological polar surface area (TPSA) is 29.5 Å². The molecular formula is C9H12FNO2. The summed E-state index contributed by atoms with van der Waals surface area (Å²) < 4.78 is 18.8. The van der Waals surface area contributed by atoms with Crippen LogP contribution >= 0.6 is 0 Å². The molecule has 3 aliphatic rings. The Labute approximate surface area is 75.8 Å². The van der Waals surface area contributed by atoms with Crippen LogP contribution in [0.2, 0.25) is 0 Å². The first-order valence-corrected chi connectivity index (χ1v) is 4.63. The lowest BCUT2D eigenvalue weighted by atomic mass is 10.1. The van der Waals surface area contributed by atoms with Crippen molar-refractivity contribution in [3.05, 3.63) is 0 Å². The van der Waals surface area contributed by atoms with Crippen molar-refractivity contribution in [1.82, 2.24) is 4.90 Å². The van der Waals surface area contributed by atoms with E-state index >= 15 is 0 Å². The van der Waals surface area contributed by atoms with Crippen LogP contribution in [0.15, 0.2) is 0 Å². The second-order valence-corrected chi connectivity index (χ2v) is 4.71. The Morgan fingerprint density at radius 2 is 2.23 bits per heavy atom. The van der Waals surface area contributed by atoms with E-state index in [1.54, 1.807) is 4.90 Å². The summed E-state index contributed by atoms with van der Waals surface area (Å²) >= 11 is 0. The highest BCUT2D eigenvalue weighted by Crippen LogP contribution is 2.61. The maximum absolute atomic E-state index is 13.2. The van der Waals surface area contributed by atoms with Crippen LogP contribution in [-0.4, -0.2) is 34.3 Å². The van der Waals surface area contributed by atoms with Gasteiger partial charge in [0.1, 0.15) is 5.72 Å². The molecule has 0 bridgehead atoms. The van der Waals surface area contributed by atoms with E-state index in [1.165, 1.54) is 0 Å². The number of hydrogen-bond acceptors (Lipinski definition) is 2. The van der Waals surface area contributed by atoms with Gasteiger partial charge in [-0.1, -0.05) is 0 Å². The first-order chi connectivity index (χ1) is 5.97. The molecule has 3 nitrogen and oxygen atoms in total. The number of alkyl halides is 1. The number of halogens is 1. The fourth-order valence-corrected chi connectivity index (χ4v) is 2.91. The molecule has 0 aromatic carbocycles. The lowest BCUT2D eigenvalue weighted by Gasteiger charge is -2.32. The summed E-state index contributed by atoms with van der Waals surface area (Å²) in [4.78, 5) is 13.1. The third kappa shape index (κ3) is 0.676. The van der Waals surface area contributed by atoms with E-state index in [1.807, 2.05) is 13.8 Å². The maximum atomic E-state index is 13.2. The number of carbonyl (C=O) groups is 1. The van der Waals surface area contributed by atoms with Crippen molar-refractivity contribution >= 4 is 5.91 Å². The molecule has 72 valence electrons. The van der Waals surface area contributed by atoms with Gasteiger partial charge in [-0.2, -0.15) is 0 Å². The van der Waals surface area contributed by atoms with Gasteiger partial charge in [-0.05, 0) is 13.8 Å². The van der Waals surface area contributed by atoms with Gasteiger partial charge in [-0.15, -0.1) is 0 Å². The second-order valence-electron chi connectivity index (χ2n) is 4.71. The van der Waals surface area contributed by atoms with Crippen LogP contribution in [-0.2, 0) is 9.53 Å². The largest absolute Gasteiger partial charge is 0.350 e. The number of hydrogen-bond donors (Lipinski definition) is 0. The summed E-state index contributed by atoms with van der Waals surface area (Å²) in [5.74, 6) is -0.384. The van der Waals surface area contributed by atoms with Gasteiger partial charge in [-0.25, -0.2) is 4.39 Å². The molecule has 4 heteroatoms. The van der Waals surface area contributed by atoms with E-state index in [9.17, 15) is 9.18 Å². The van der Waals surface area contributed by atoms with Gasteiger partial charge in [-0.3, -0.25) is 4.79 Å². The summed E-state index contributed by atoms with van der Waals surface area (Å²) in [6, 6.07) is 0. The fraction of sp³-hybridized carbons (Fsp3) is 0.889. The summed E-state index contributed by atoms with van der Waals surface area (Å²) in [5, 5.41) is 0. The summed E-state index contributed by atoms with van der Waals surface area (Å²) in [5.41, 5.74) is -0.860. The molecule has 0 aromatic heterocycles. The predicted octanol–water partition coefficient (Wildman–Crippen LogP) is 0.834. The summed E-state index contributed by atoms with van der Waals surface area (Å²) in [7, 11) is 0. The molecule has 3 unspecified atom stereocenters. The average Bonchev–Trinajstić information content (AvgIpc) is 2.45. The zero-order chi connectivity index (χ0) is 9.43. The Kier molecular flexibility index (Phi) is 1.04. The Balaban J connectivity index is 2.05. The van der Waals surface area contributed by atoms with Crippen LogP contribution in [0, 0.1) is 0 Å². The van der Waals surface area contributed by atoms with Crippen molar-refractivity contribution < 1.29 is 13.9 Å². The van der Waals surface area contributed by atoms with Gasteiger partial charge < -0.3 is 9.64 Å². The standard InChI is InChI=1S/C9H12FNO2/c1-8(2)11-7(12)5(10)3-9(11)4-6(9)13-8/h5-6H,3-4H2,1-2H3. The van der Waals surface area contributed by atoms with Crippen LogP contribution in [0.1, 0.15) is 26.7 Å². The molecule has 2 aliphatic heterocycles. The summed E-state index contributed by atoms with van der Waals surface area (Å²) in [6.45, 7) is 3.66. The zero-order valence-corrected chi connectivity index (χ0v) is 7.71. The van der Waals surface area contributed by atoms with E-state index < -0.39 is 11.9 Å². The molecule has 2 heterocycles. The molecule has 0 N–H and O–H groups in total. The van der Waals surface area contributed by atoms with Crippen molar-refractivity contribution in [3.63, 3.8) is 0 Å². The first kappa shape index (κ1) is 7.74. The van der Waals surface area contributed by atoms with E-state index in [2.05, 4.69) is 0 Å². The first-order valence-electron chi connectivity index (χ1n) is 4.63. The Morgan fingerprint density at radius 3 is 2.85 bits per heavy atom. The third-order valence-electron chi connectivity index (χ3n) is 3.41. The number of ether oxygens (including phenoxy) is 1. The average molecular weight is 185 g/mol. The molecule has 2 saturated heterocycles. The lowest BCUT2D eigenvalue weighted by Crippen LogP contribution is -2.47. The van der Waals surface area contributed by atoms with Crippen molar-refractivity contribution in [1.29, 1.82) is 0 Å². The molecule has 3 fully saturated rings. The monoisotopic (exact) mass is 185 g/mol. The van der Waals surface area contributed by atoms with Gasteiger partial charge in [0.15, 0.2) is 6.17 Å². The molecule has 1 amide bonds. The fourth-order valence-electron chi connectivity index (χ4n) is 2.91. The molecule has 3 rings (SSSR count). The van der Waals surface area contributed by atoms with E-state index in [0.29, 0.717) is 6.42 Å². The Hall–Kier alpha value is -0.640. The molecule has 0 aromatic rings. The highest BCUT2D eigenvalue weighted by Gasteiger charge is 2.75. The van der Waals surface area contributed by atoms with Crippen LogP contribution in [0.5, 0.6) is 0 Å². The number of rotatable bonds is 0. The van der Waals surface area contributed by atoms with Gasteiger partial charge in [0, 0.05) is 12.8 Å². The van der Waals surface area contributed by atoms with Crippen LogP contribution in [0.25, 0.3) is 0 Å². The van der Waals surface area contributed by atoms with Gasteiger partial charge in [0.2, 0.25) is 0 Å². The Morgan fingerprint density at radius 1 is 1.54 bits per heavy atom. The van der Waals surface area contributed by atoms with Crippen molar-refractivity contribution in [2.24, 2.45) is 0 Å². The molecule has 1 aliphatic carbocycles. The number of carbonyl (C=O) groups excluding carboxylic acids is 1. The summed E-state index contributed by atoms with van der Waals surface area (Å²) in [6.07, 6.45) is -0.0527. The van der Waals surface area contributed by atoms with Crippen LogP contribution in [0.3, 0.4) is 0 Å². The normalized spacial score (nSPS) is 50.7. The quantitative estimate of drug-likeness (QED) is 0.559. The SMILES string of the molecule is CC1(C)OC2CC23CC(F)C(=O)N13. The van der Waals surface area contributed by atoms with E-state index in [0.717, 1.165) is 6.42 Å². The minimum atomic E-state index is -1.30. The van der Waals surface area contributed by atoms with E-state index in [4.69, 9.17) is 4.74 Å². The molecular weight excluding hydrogens is 173 g/mol. The molecule has 3 atom stereocenters. The van der Waals surface area contributed by atoms with Crippen molar-refractivity contribution in [2.75, 3.05) is 0 Å². The van der Waals surface area contributed by atoms with Crippen LogP contribution < -0.4 is 0 Å². The lowest BCUT2D eigenvalue weighted by molar-refractivity contribution is -0.152. The minimum absolute atomic E-state index is 0.0900. The molecule has 1 saturated carbocycles. The van der Waals surface area contributed by atoms with Crippen LogP contribution in [0.4, 0.5) is 4.39 Å². The molecule has 0 radical (unpaired) electrons. The smallest absolute Gasteiger partial charge is 0.260 e. The molecule has 1 spiro atoms. The van der Waals surface area contributed by atoms with Gasteiger partial charge in [0.25, 0.3) is 5.91 Å².